The molecule has 0 amide bonds. The van der Waals surface area contributed by atoms with E-state index < -0.39 is 23.4 Å². The second kappa shape index (κ2) is 7.94. The number of carboxylic acids is 1. The van der Waals surface area contributed by atoms with Gasteiger partial charge in [-0.1, -0.05) is 12.1 Å². The predicted molar refractivity (Wildman–Crippen MR) is 105 cm³/mol. The maximum Gasteiger partial charge on any atom is 0.336 e. The first-order valence-corrected chi connectivity index (χ1v) is 9.09. The molecule has 1 aromatic heterocycles. The topological polar surface area (TPSA) is 51.5 Å². The van der Waals surface area contributed by atoms with E-state index in [0.29, 0.717) is 16.5 Å². The van der Waals surface area contributed by atoms with Gasteiger partial charge in [-0.2, -0.15) is 0 Å². The lowest BCUT2D eigenvalue weighted by Gasteiger charge is -2.14. The summed E-state index contributed by atoms with van der Waals surface area (Å²) in [5, 5.41) is 9.90. The number of ether oxygens (including phenoxy) is 1. The average molecular weight is 411 g/mol. The van der Waals surface area contributed by atoms with E-state index in [1.54, 1.807) is 29.0 Å². The van der Waals surface area contributed by atoms with Gasteiger partial charge in [0.25, 0.3) is 0 Å². The quantitative estimate of drug-likeness (QED) is 0.463. The fourth-order valence-electron chi connectivity index (χ4n) is 3.36. The molecule has 0 unspecified atom stereocenters. The minimum atomic E-state index is -1.04. The molecule has 4 rings (SSSR count). The molecular formula is C23H16F3NO3. The Morgan fingerprint density at radius 1 is 0.967 bits per heavy atom. The summed E-state index contributed by atoms with van der Waals surface area (Å²) in [5.41, 5.74) is 1.05. The fourth-order valence-corrected chi connectivity index (χ4v) is 3.36. The third kappa shape index (κ3) is 3.74. The van der Waals surface area contributed by atoms with E-state index in [2.05, 4.69) is 0 Å². The molecule has 1 N–H and O–H groups in total. The van der Waals surface area contributed by atoms with Crippen molar-refractivity contribution in [3.05, 3.63) is 101 Å². The smallest absolute Gasteiger partial charge is 0.336 e. The predicted octanol–water partition coefficient (Wildman–Crippen LogP) is 5.38. The maximum atomic E-state index is 13.9. The van der Waals surface area contributed by atoms with Gasteiger partial charge in [0.15, 0.2) is 0 Å². The molecular weight excluding hydrogens is 395 g/mol. The van der Waals surface area contributed by atoms with Gasteiger partial charge in [0.05, 0.1) is 17.7 Å². The van der Waals surface area contributed by atoms with Crippen LogP contribution in [-0.4, -0.2) is 15.6 Å². The number of hydrogen-bond donors (Lipinski definition) is 1. The van der Waals surface area contributed by atoms with Crippen molar-refractivity contribution in [2.75, 3.05) is 0 Å². The second-order valence-corrected chi connectivity index (χ2v) is 6.73. The molecule has 0 bridgehead atoms. The lowest BCUT2D eigenvalue weighted by molar-refractivity contribution is 0.0699. The number of aromatic nitrogens is 1. The molecule has 0 aliphatic rings. The van der Waals surface area contributed by atoms with Crippen LogP contribution in [-0.2, 0) is 13.2 Å². The van der Waals surface area contributed by atoms with Crippen LogP contribution in [0.25, 0.3) is 10.9 Å². The SMILES string of the molecule is O=C(O)c1cccc2c1ccn2Cc1cc(F)ccc1OCc1c(F)cccc1F. The van der Waals surface area contributed by atoms with Gasteiger partial charge in [-0.15, -0.1) is 0 Å². The van der Waals surface area contributed by atoms with Crippen molar-refractivity contribution < 1.29 is 27.8 Å². The van der Waals surface area contributed by atoms with Gasteiger partial charge in [0.1, 0.15) is 29.8 Å². The third-order valence-electron chi connectivity index (χ3n) is 4.84. The Morgan fingerprint density at radius 2 is 1.70 bits per heavy atom. The summed E-state index contributed by atoms with van der Waals surface area (Å²) >= 11 is 0. The summed E-state index contributed by atoms with van der Waals surface area (Å²) in [4.78, 5) is 11.4. The molecule has 3 aromatic carbocycles. The summed E-state index contributed by atoms with van der Waals surface area (Å²) in [5.74, 6) is -2.71. The number of hydrogen-bond acceptors (Lipinski definition) is 2. The Labute approximate surface area is 169 Å². The van der Waals surface area contributed by atoms with Crippen LogP contribution in [0.15, 0.2) is 66.9 Å². The molecule has 4 nitrogen and oxygen atoms in total. The summed E-state index contributed by atoms with van der Waals surface area (Å²) in [6, 6.07) is 14.0. The standard InChI is InChI=1S/C23H16F3NO3/c24-15-7-8-22(30-13-18-19(25)4-2-5-20(18)26)14(11-15)12-27-10-9-16-17(23(28)29)3-1-6-21(16)27/h1-11H,12-13H2,(H,28,29). The van der Waals surface area contributed by atoms with Crippen molar-refractivity contribution in [2.24, 2.45) is 0 Å². The first-order chi connectivity index (χ1) is 14.4. The van der Waals surface area contributed by atoms with Crippen LogP contribution in [0.4, 0.5) is 13.2 Å². The number of halogens is 3. The normalized spacial score (nSPS) is 11.0. The zero-order valence-corrected chi connectivity index (χ0v) is 15.6. The molecule has 0 fully saturated rings. The minimum Gasteiger partial charge on any atom is -0.488 e. The van der Waals surface area contributed by atoms with E-state index in [4.69, 9.17) is 4.74 Å². The summed E-state index contributed by atoms with van der Waals surface area (Å²) in [6.07, 6.45) is 1.70. The molecule has 0 spiro atoms. The van der Waals surface area contributed by atoms with Crippen LogP contribution < -0.4 is 4.74 Å². The van der Waals surface area contributed by atoms with Crippen LogP contribution in [0.5, 0.6) is 5.75 Å². The van der Waals surface area contributed by atoms with Crippen LogP contribution in [0.1, 0.15) is 21.5 Å². The minimum absolute atomic E-state index is 0.164. The van der Waals surface area contributed by atoms with Crippen molar-refractivity contribution in [2.45, 2.75) is 13.2 Å². The van der Waals surface area contributed by atoms with E-state index in [1.807, 2.05) is 0 Å². The fraction of sp³-hybridized carbons (Fsp3) is 0.0870. The van der Waals surface area contributed by atoms with Gasteiger partial charge in [-0.3, -0.25) is 0 Å². The zero-order chi connectivity index (χ0) is 21.3. The summed E-state index contributed by atoms with van der Waals surface area (Å²) in [6.45, 7) is -0.174. The molecule has 0 radical (unpaired) electrons. The highest BCUT2D eigenvalue weighted by molar-refractivity contribution is 6.03. The van der Waals surface area contributed by atoms with Crippen LogP contribution in [0.3, 0.4) is 0 Å². The van der Waals surface area contributed by atoms with Crippen molar-refractivity contribution in [3.63, 3.8) is 0 Å². The van der Waals surface area contributed by atoms with Crippen molar-refractivity contribution >= 4 is 16.9 Å². The highest BCUT2D eigenvalue weighted by atomic mass is 19.1. The Kier molecular flexibility index (Phi) is 5.18. The van der Waals surface area contributed by atoms with Gasteiger partial charge in [0.2, 0.25) is 0 Å². The molecule has 0 saturated carbocycles. The molecule has 7 heteroatoms. The van der Waals surface area contributed by atoms with Gasteiger partial charge < -0.3 is 14.4 Å². The Bertz CT molecular complexity index is 1230. The largest absolute Gasteiger partial charge is 0.488 e. The van der Waals surface area contributed by atoms with Crippen molar-refractivity contribution in [1.29, 1.82) is 0 Å². The first kappa shape index (κ1) is 19.6. The van der Waals surface area contributed by atoms with Crippen LogP contribution in [0.2, 0.25) is 0 Å². The van der Waals surface area contributed by atoms with Crippen LogP contribution >= 0.6 is 0 Å². The van der Waals surface area contributed by atoms with Crippen LogP contribution in [0, 0.1) is 17.5 Å². The Morgan fingerprint density at radius 3 is 2.43 bits per heavy atom. The number of carboxylic acid groups (broad SMARTS) is 1. The third-order valence-corrected chi connectivity index (χ3v) is 4.84. The van der Waals surface area contributed by atoms with Crippen molar-refractivity contribution in [1.82, 2.24) is 4.57 Å². The number of benzene rings is 3. The number of rotatable bonds is 6. The maximum absolute atomic E-state index is 13.9. The van der Waals surface area contributed by atoms with E-state index >= 15 is 0 Å². The van der Waals surface area contributed by atoms with E-state index in [1.165, 1.54) is 30.3 Å². The lowest BCUT2D eigenvalue weighted by atomic mass is 10.1. The van der Waals surface area contributed by atoms with E-state index in [-0.39, 0.29) is 30.0 Å². The second-order valence-electron chi connectivity index (χ2n) is 6.73. The van der Waals surface area contributed by atoms with Gasteiger partial charge >= 0.3 is 5.97 Å². The lowest BCUT2D eigenvalue weighted by Crippen LogP contribution is -2.06. The highest BCUT2D eigenvalue weighted by Crippen LogP contribution is 2.26. The number of aromatic carboxylic acids is 1. The Hall–Kier alpha value is -3.74. The molecule has 152 valence electrons. The monoisotopic (exact) mass is 411 g/mol. The first-order valence-electron chi connectivity index (χ1n) is 9.09. The number of nitrogens with zero attached hydrogens (tertiary/aromatic N) is 1. The van der Waals surface area contributed by atoms with E-state index in [9.17, 15) is 23.1 Å². The number of carbonyl (C=O) groups is 1. The zero-order valence-electron chi connectivity index (χ0n) is 15.6. The Balaban J connectivity index is 1.66. The molecule has 0 atom stereocenters. The molecule has 0 saturated heterocycles. The van der Waals surface area contributed by atoms with E-state index in [0.717, 1.165) is 12.1 Å². The molecule has 0 aliphatic heterocycles. The van der Waals surface area contributed by atoms with Gasteiger partial charge in [0, 0.05) is 22.7 Å². The summed E-state index contributed by atoms with van der Waals surface area (Å²) < 4.78 is 49.0. The molecule has 30 heavy (non-hydrogen) atoms. The highest BCUT2D eigenvalue weighted by Gasteiger charge is 2.14. The molecule has 0 aliphatic carbocycles. The molecule has 1 heterocycles. The van der Waals surface area contributed by atoms with Crippen molar-refractivity contribution in [3.8, 4) is 5.75 Å². The average Bonchev–Trinajstić information content (AvgIpc) is 3.12. The van der Waals surface area contributed by atoms with Gasteiger partial charge in [-0.05, 0) is 48.5 Å². The summed E-state index contributed by atoms with van der Waals surface area (Å²) in [7, 11) is 0. The number of fused-ring (bicyclic) bond motifs is 1. The van der Waals surface area contributed by atoms with Gasteiger partial charge in [-0.25, -0.2) is 18.0 Å². The molecule has 4 aromatic rings.